The van der Waals surface area contributed by atoms with Gasteiger partial charge < -0.3 is 4.74 Å². The number of carbonyl (C=O) groups excluding carboxylic acids is 1. The maximum atomic E-state index is 13.1. The molecule has 32 heavy (non-hydrogen) atoms. The predicted octanol–water partition coefficient (Wildman–Crippen LogP) is 7.25. The van der Waals surface area contributed by atoms with E-state index in [-0.39, 0.29) is 16.9 Å². The lowest BCUT2D eigenvalue weighted by Gasteiger charge is -2.26. The van der Waals surface area contributed by atoms with E-state index in [1.165, 1.54) is 14.7 Å². The highest BCUT2D eigenvalue weighted by molar-refractivity contribution is 7.97. The Bertz CT molecular complexity index is 1160. The summed E-state index contributed by atoms with van der Waals surface area (Å²) >= 11 is 1.63. The van der Waals surface area contributed by atoms with Crippen molar-refractivity contribution in [1.82, 2.24) is 0 Å². The first-order valence-electron chi connectivity index (χ1n) is 10.6. The van der Waals surface area contributed by atoms with Crippen LogP contribution < -0.4 is 0 Å². The Labute approximate surface area is 195 Å². The second-order valence-corrected chi connectivity index (χ2v) is 10.6. The Morgan fingerprint density at radius 2 is 1.41 bits per heavy atom. The van der Waals surface area contributed by atoms with E-state index in [0.29, 0.717) is 5.56 Å². The van der Waals surface area contributed by atoms with Crippen LogP contribution in [0.15, 0.2) is 129 Å². The fourth-order valence-electron chi connectivity index (χ4n) is 3.99. The fraction of sp³-hybridized carbons (Fsp3) is 0.107. The SMILES string of the molecule is O=C(OC1(c2cccs2)C=CCC1)c1ccc([S+](c2ccccc2)c2ccccc2)cc1. The van der Waals surface area contributed by atoms with Gasteiger partial charge >= 0.3 is 5.97 Å². The molecule has 1 atom stereocenters. The van der Waals surface area contributed by atoms with Gasteiger partial charge in [0, 0.05) is 0 Å². The average Bonchev–Trinajstić information content (AvgIpc) is 3.54. The van der Waals surface area contributed by atoms with Crippen LogP contribution in [0.25, 0.3) is 0 Å². The molecule has 0 aliphatic heterocycles. The number of carbonyl (C=O) groups is 1. The van der Waals surface area contributed by atoms with Gasteiger partial charge in [0.1, 0.15) is 0 Å². The molecule has 3 aromatic carbocycles. The first-order chi connectivity index (χ1) is 15.8. The molecule has 1 unspecified atom stereocenters. The van der Waals surface area contributed by atoms with Gasteiger partial charge in [0.15, 0.2) is 20.3 Å². The van der Waals surface area contributed by atoms with Crippen molar-refractivity contribution in [2.75, 3.05) is 0 Å². The van der Waals surface area contributed by atoms with Crippen LogP contribution in [0.3, 0.4) is 0 Å². The highest BCUT2D eigenvalue weighted by atomic mass is 32.2. The largest absolute Gasteiger partial charge is 0.445 e. The number of hydrogen-bond donors (Lipinski definition) is 0. The van der Waals surface area contributed by atoms with E-state index < -0.39 is 5.60 Å². The molecule has 0 fully saturated rings. The molecule has 0 saturated carbocycles. The predicted molar refractivity (Wildman–Crippen MR) is 131 cm³/mol. The summed E-state index contributed by atoms with van der Waals surface area (Å²) in [4.78, 5) is 17.8. The van der Waals surface area contributed by atoms with E-state index in [0.717, 1.165) is 17.7 Å². The van der Waals surface area contributed by atoms with Crippen molar-refractivity contribution >= 4 is 28.2 Å². The minimum atomic E-state index is -0.637. The van der Waals surface area contributed by atoms with E-state index in [2.05, 4.69) is 66.7 Å². The first-order valence-corrected chi connectivity index (χ1v) is 12.8. The van der Waals surface area contributed by atoms with Crippen molar-refractivity contribution in [2.24, 2.45) is 0 Å². The van der Waals surface area contributed by atoms with Crippen molar-refractivity contribution in [3.63, 3.8) is 0 Å². The zero-order chi connectivity index (χ0) is 21.8. The minimum absolute atomic E-state index is 0.234. The summed E-state index contributed by atoms with van der Waals surface area (Å²) in [5, 5.41) is 2.03. The summed E-state index contributed by atoms with van der Waals surface area (Å²) in [5.41, 5.74) is -0.0582. The van der Waals surface area contributed by atoms with Gasteiger partial charge in [0.2, 0.25) is 0 Å². The maximum Gasteiger partial charge on any atom is 0.339 e. The van der Waals surface area contributed by atoms with Gasteiger partial charge in [-0.2, -0.15) is 0 Å². The summed E-state index contributed by atoms with van der Waals surface area (Å²) < 4.78 is 6.09. The number of esters is 1. The molecule has 4 aromatic rings. The summed E-state index contributed by atoms with van der Waals surface area (Å²) in [7, 11) is -0.234. The van der Waals surface area contributed by atoms with Crippen LogP contribution in [0.4, 0.5) is 0 Å². The molecule has 0 saturated heterocycles. The lowest BCUT2D eigenvalue weighted by atomic mass is 10.0. The topological polar surface area (TPSA) is 26.3 Å². The number of hydrogen-bond acceptors (Lipinski definition) is 3. The van der Waals surface area contributed by atoms with Gasteiger partial charge in [-0.3, -0.25) is 0 Å². The van der Waals surface area contributed by atoms with E-state index in [1.807, 2.05) is 47.9 Å². The number of thiophene rings is 1. The van der Waals surface area contributed by atoms with Crippen molar-refractivity contribution in [1.29, 1.82) is 0 Å². The molecular formula is C28H23O2S2+. The van der Waals surface area contributed by atoms with Crippen LogP contribution >= 0.6 is 11.3 Å². The molecule has 158 valence electrons. The second-order valence-electron chi connectivity index (χ2n) is 7.65. The Morgan fingerprint density at radius 1 is 0.781 bits per heavy atom. The first kappa shape index (κ1) is 20.8. The van der Waals surface area contributed by atoms with Gasteiger partial charge in [-0.25, -0.2) is 4.79 Å². The van der Waals surface area contributed by atoms with Crippen molar-refractivity contribution in [3.05, 3.63) is 125 Å². The number of ether oxygens (including phenoxy) is 1. The summed E-state index contributed by atoms with van der Waals surface area (Å²) in [6, 6.07) is 33.0. The molecule has 1 heterocycles. The standard InChI is InChI=1S/C28H23O2S2/c29-27(30-28(19-7-8-20-28)26-14-9-21-31-26)22-15-17-25(18-16-22)32(23-10-3-1-4-11-23)24-12-5-2-6-13-24/h1-7,9-19,21H,8,20H2/q+1. The second kappa shape index (κ2) is 9.19. The molecule has 0 amide bonds. The Hall–Kier alpha value is -3.08. The van der Waals surface area contributed by atoms with E-state index in [4.69, 9.17) is 4.74 Å². The summed E-state index contributed by atoms with van der Waals surface area (Å²) in [5.74, 6) is -0.282. The summed E-state index contributed by atoms with van der Waals surface area (Å²) in [6.07, 6.45) is 5.85. The number of benzene rings is 3. The highest BCUT2D eigenvalue weighted by Gasteiger charge is 2.37. The van der Waals surface area contributed by atoms with E-state index in [1.54, 1.807) is 11.3 Å². The third-order valence-corrected chi connectivity index (χ3v) is 8.83. The van der Waals surface area contributed by atoms with Gasteiger partial charge in [-0.05, 0) is 78.9 Å². The van der Waals surface area contributed by atoms with Crippen molar-refractivity contribution in [2.45, 2.75) is 33.1 Å². The zero-order valence-corrected chi connectivity index (χ0v) is 19.1. The van der Waals surface area contributed by atoms with Crippen LogP contribution in [0.2, 0.25) is 0 Å². The molecule has 1 aromatic heterocycles. The molecule has 5 rings (SSSR count). The number of rotatable bonds is 6. The smallest absolute Gasteiger partial charge is 0.339 e. The van der Waals surface area contributed by atoms with Crippen LogP contribution in [-0.2, 0) is 21.2 Å². The Kier molecular flexibility index (Phi) is 5.97. The quantitative estimate of drug-likeness (QED) is 0.174. The summed E-state index contributed by atoms with van der Waals surface area (Å²) in [6.45, 7) is 0. The zero-order valence-electron chi connectivity index (χ0n) is 17.5. The van der Waals surface area contributed by atoms with E-state index >= 15 is 0 Å². The third-order valence-electron chi connectivity index (χ3n) is 5.57. The van der Waals surface area contributed by atoms with Gasteiger partial charge in [0.25, 0.3) is 0 Å². The minimum Gasteiger partial charge on any atom is -0.445 e. The third kappa shape index (κ3) is 4.16. The lowest BCUT2D eigenvalue weighted by molar-refractivity contribution is 0.00322. The molecule has 0 radical (unpaired) electrons. The molecule has 0 spiro atoms. The molecule has 1 aliphatic carbocycles. The Balaban J connectivity index is 1.43. The van der Waals surface area contributed by atoms with Gasteiger partial charge in [0.05, 0.1) is 21.3 Å². The van der Waals surface area contributed by atoms with Crippen LogP contribution in [0.5, 0.6) is 0 Å². The van der Waals surface area contributed by atoms with Crippen molar-refractivity contribution in [3.8, 4) is 0 Å². The Morgan fingerprint density at radius 3 is 1.94 bits per heavy atom. The molecule has 0 bridgehead atoms. The van der Waals surface area contributed by atoms with E-state index in [9.17, 15) is 4.79 Å². The molecule has 2 nitrogen and oxygen atoms in total. The normalized spacial score (nSPS) is 17.5. The molecule has 0 N–H and O–H groups in total. The molecule has 1 aliphatic rings. The highest BCUT2D eigenvalue weighted by Crippen LogP contribution is 2.40. The lowest BCUT2D eigenvalue weighted by Crippen LogP contribution is -2.27. The number of allylic oxidation sites excluding steroid dienone is 1. The molecule has 4 heteroatoms. The van der Waals surface area contributed by atoms with Gasteiger partial charge in [-0.1, -0.05) is 48.5 Å². The maximum absolute atomic E-state index is 13.1. The van der Waals surface area contributed by atoms with Crippen LogP contribution in [0.1, 0.15) is 28.1 Å². The van der Waals surface area contributed by atoms with Crippen LogP contribution in [0, 0.1) is 0 Å². The molecular weight excluding hydrogens is 432 g/mol. The van der Waals surface area contributed by atoms with Crippen molar-refractivity contribution < 1.29 is 9.53 Å². The average molecular weight is 456 g/mol. The monoisotopic (exact) mass is 455 g/mol. The van der Waals surface area contributed by atoms with Gasteiger partial charge in [-0.15, -0.1) is 11.3 Å². The fourth-order valence-corrected chi connectivity index (χ4v) is 6.94. The van der Waals surface area contributed by atoms with Crippen LogP contribution in [-0.4, -0.2) is 5.97 Å².